The van der Waals surface area contributed by atoms with Gasteiger partial charge in [0.1, 0.15) is 11.5 Å². The molecule has 0 aliphatic rings. The molecule has 19 heteroatoms. The van der Waals surface area contributed by atoms with Gasteiger partial charge in [0.2, 0.25) is 0 Å². The van der Waals surface area contributed by atoms with E-state index in [0.29, 0.717) is 24.1 Å². The number of azo groups is 2. The Kier molecular flexibility index (Phi) is 16.1. The molecule has 0 aliphatic heterocycles. The summed E-state index contributed by atoms with van der Waals surface area (Å²) in [4.78, 5) is 26.6. The highest BCUT2D eigenvalue weighted by Gasteiger charge is 2.28. The van der Waals surface area contributed by atoms with Crippen molar-refractivity contribution in [3.05, 3.63) is 102 Å². The van der Waals surface area contributed by atoms with Crippen molar-refractivity contribution in [2.45, 2.75) is 118 Å². The summed E-state index contributed by atoms with van der Waals surface area (Å²) < 4.78 is 68.0. The Morgan fingerprint density at radius 1 is 0.607 bits per heavy atom. The van der Waals surface area contributed by atoms with Crippen LogP contribution < -0.4 is 11.1 Å². The largest absolute Gasteiger partial charge is 0.494 e. The first-order valence-corrected chi connectivity index (χ1v) is 23.4. The smallest absolute Gasteiger partial charge is 0.281 e. The quantitative estimate of drug-likeness (QED) is 0.0439. The predicted molar refractivity (Wildman–Crippen MR) is 232 cm³/mol. The summed E-state index contributed by atoms with van der Waals surface area (Å²) in [5.74, 6) is -3.24. The molecule has 2 atom stereocenters. The molecule has 0 bridgehead atoms. The third kappa shape index (κ3) is 11.1. The van der Waals surface area contributed by atoms with Gasteiger partial charge in [0, 0.05) is 35.7 Å². The van der Waals surface area contributed by atoms with Crippen LogP contribution in [0.3, 0.4) is 0 Å². The van der Waals surface area contributed by atoms with Crippen LogP contribution in [0, 0.1) is 25.7 Å². The summed E-state index contributed by atoms with van der Waals surface area (Å²) in [6.07, 6.45) is 1.94. The molecule has 0 radical (unpaired) electrons. The van der Waals surface area contributed by atoms with Gasteiger partial charge in [-0.15, -0.1) is 15.3 Å². The van der Waals surface area contributed by atoms with Gasteiger partial charge in [-0.25, -0.2) is 0 Å². The number of benzene rings is 2. The summed E-state index contributed by atoms with van der Waals surface area (Å²) in [6, 6.07) is 12.7. The highest BCUT2D eigenvalue weighted by Crippen LogP contribution is 2.42. The van der Waals surface area contributed by atoms with E-state index in [1.165, 1.54) is 13.8 Å². The zero-order valence-corrected chi connectivity index (χ0v) is 37.3. The van der Waals surface area contributed by atoms with Crippen LogP contribution in [0.25, 0.3) is 0 Å². The Bertz CT molecular complexity index is 2630. The van der Waals surface area contributed by atoms with Gasteiger partial charge in [0.15, 0.2) is 23.1 Å². The van der Waals surface area contributed by atoms with Gasteiger partial charge in [-0.3, -0.25) is 27.8 Å². The van der Waals surface area contributed by atoms with Crippen LogP contribution in [0.5, 0.6) is 11.8 Å². The van der Waals surface area contributed by atoms with Gasteiger partial charge < -0.3 is 15.3 Å². The average molecular weight is 885 g/mol. The van der Waals surface area contributed by atoms with Crippen molar-refractivity contribution in [1.29, 1.82) is 0 Å². The molecule has 5 N–H and O–H groups in total. The lowest BCUT2D eigenvalue weighted by Crippen LogP contribution is -2.22. The molecule has 4 aromatic rings. The highest BCUT2D eigenvalue weighted by molar-refractivity contribution is 7.85. The fourth-order valence-electron chi connectivity index (χ4n) is 7.79. The van der Waals surface area contributed by atoms with Gasteiger partial charge in [-0.2, -0.15) is 21.9 Å². The number of nitrogens with zero attached hydrogens (tertiary/aromatic N) is 6. The molecule has 0 spiro atoms. The van der Waals surface area contributed by atoms with Crippen LogP contribution in [-0.4, -0.2) is 50.4 Å². The molecule has 0 fully saturated rings. The lowest BCUT2D eigenvalue weighted by molar-refractivity contribution is 0.104. The van der Waals surface area contributed by atoms with E-state index in [0.717, 1.165) is 33.1 Å². The third-order valence-electron chi connectivity index (χ3n) is 11.4. The molecule has 2 aromatic heterocycles. The zero-order valence-electron chi connectivity index (χ0n) is 35.7. The molecule has 61 heavy (non-hydrogen) atoms. The normalized spacial score (nSPS) is 13.6. The summed E-state index contributed by atoms with van der Waals surface area (Å²) >= 11 is 0. The second-order valence-corrected chi connectivity index (χ2v) is 17.9. The summed E-state index contributed by atoms with van der Waals surface area (Å²) in [6.45, 7) is 14.1. The summed E-state index contributed by atoms with van der Waals surface area (Å²) in [5.41, 5.74) is 0.844. The van der Waals surface area contributed by atoms with Crippen molar-refractivity contribution in [3.8, 4) is 11.8 Å². The maximum absolute atomic E-state index is 13.4. The summed E-state index contributed by atoms with van der Waals surface area (Å²) in [7, 11) is -9.14. The number of hydrogen-bond donors (Lipinski definition) is 5. The molecule has 2 aromatic carbocycles. The van der Waals surface area contributed by atoms with Gasteiger partial charge in [-0.05, 0) is 80.0 Å². The molecule has 0 aliphatic carbocycles. The Labute approximate surface area is 356 Å². The van der Waals surface area contributed by atoms with Crippen LogP contribution in [0.2, 0.25) is 0 Å². The Balaban J connectivity index is 1.85. The standard InChI is InChI=1S/C42H56N6O11S2/c1-9-26(10-2)35(28-15-18-30(19-16-28)43-45-36-24(7)32(22-60(54,55)56)39(50)47(13-5)41(36)52)29-17-20-34(31(21-29)38(49)27(11-3)12-4)44-46-37-25(8)33(23-61(57,58)59)40(51)48(14-6)42(37)53/h15-21,26-27,35,38,49-51H,9-14,22-23H2,1-8H3,(H,54,55,56)(H,57,58,59). The lowest BCUT2D eigenvalue weighted by atomic mass is 9.77. The molecular weight excluding hydrogens is 829 g/mol. The van der Waals surface area contributed by atoms with E-state index >= 15 is 0 Å². The fraction of sp³-hybridized carbons (Fsp3) is 0.476. The first-order chi connectivity index (χ1) is 28.7. The molecule has 332 valence electrons. The third-order valence-corrected chi connectivity index (χ3v) is 12.7. The van der Waals surface area contributed by atoms with Gasteiger partial charge in [-0.1, -0.05) is 77.6 Å². The first kappa shape index (κ1) is 48.6. The minimum atomic E-state index is -4.59. The zero-order chi connectivity index (χ0) is 45.6. The van der Waals surface area contributed by atoms with E-state index in [-0.39, 0.29) is 70.2 Å². The monoisotopic (exact) mass is 884 g/mol. The minimum absolute atomic E-state index is 0.0107. The predicted octanol–water partition coefficient (Wildman–Crippen LogP) is 8.72. The second-order valence-electron chi connectivity index (χ2n) is 15.0. The fourth-order valence-corrected chi connectivity index (χ4v) is 9.21. The van der Waals surface area contributed by atoms with Gasteiger partial charge in [0.05, 0.1) is 17.5 Å². The minimum Gasteiger partial charge on any atom is -0.494 e. The van der Waals surface area contributed by atoms with Crippen molar-refractivity contribution in [3.63, 3.8) is 0 Å². The second kappa shape index (κ2) is 20.2. The average Bonchev–Trinajstić information content (AvgIpc) is 3.20. The van der Waals surface area contributed by atoms with Crippen molar-refractivity contribution in [2.24, 2.45) is 32.3 Å². The van der Waals surface area contributed by atoms with Crippen molar-refractivity contribution in [2.75, 3.05) is 0 Å². The molecule has 2 unspecified atom stereocenters. The number of pyridine rings is 2. The SMILES string of the molecule is CCC(CC)C(O)c1cc(C(c2ccc(N=Nc3c(C)c(CS(=O)(=O)O)c(O)n(CC)c3=O)cc2)C(CC)CC)ccc1N=Nc1c(C)c(CS(=O)(=O)O)c(O)n(CC)c1=O. The topological polar surface area (TPSA) is 263 Å². The van der Waals surface area contributed by atoms with E-state index in [9.17, 15) is 50.8 Å². The van der Waals surface area contributed by atoms with E-state index in [1.54, 1.807) is 32.0 Å². The van der Waals surface area contributed by atoms with E-state index in [4.69, 9.17) is 0 Å². The molecule has 0 saturated heterocycles. The molecule has 17 nitrogen and oxygen atoms in total. The van der Waals surface area contributed by atoms with E-state index < -0.39 is 60.7 Å². The molecule has 0 amide bonds. The number of hydrogen-bond acceptors (Lipinski definition) is 13. The Morgan fingerprint density at radius 2 is 1.03 bits per heavy atom. The number of aromatic hydroxyl groups is 2. The maximum Gasteiger partial charge on any atom is 0.281 e. The maximum atomic E-state index is 13.4. The molecule has 0 saturated carbocycles. The van der Waals surface area contributed by atoms with E-state index in [2.05, 4.69) is 34.3 Å². The number of aromatic nitrogens is 2. The van der Waals surface area contributed by atoms with Crippen molar-refractivity contribution >= 4 is 43.0 Å². The lowest BCUT2D eigenvalue weighted by Gasteiger charge is -2.28. The van der Waals surface area contributed by atoms with E-state index in [1.807, 2.05) is 38.1 Å². The number of aliphatic hydroxyl groups is 1. The summed E-state index contributed by atoms with van der Waals surface area (Å²) in [5, 5.41) is 50.3. The van der Waals surface area contributed by atoms with Crippen LogP contribution >= 0.6 is 0 Å². The Morgan fingerprint density at radius 3 is 1.44 bits per heavy atom. The number of rotatable bonds is 19. The van der Waals surface area contributed by atoms with Crippen LogP contribution in [-0.2, 0) is 44.8 Å². The van der Waals surface area contributed by atoms with Crippen LogP contribution in [0.4, 0.5) is 22.7 Å². The highest BCUT2D eigenvalue weighted by atomic mass is 32.2. The van der Waals surface area contributed by atoms with Gasteiger partial charge in [0.25, 0.3) is 31.4 Å². The first-order valence-electron chi connectivity index (χ1n) is 20.2. The molecule has 2 heterocycles. The van der Waals surface area contributed by atoms with Crippen LogP contribution in [0.15, 0.2) is 72.5 Å². The van der Waals surface area contributed by atoms with Crippen molar-refractivity contribution in [1.82, 2.24) is 9.13 Å². The molecule has 4 rings (SSSR count). The van der Waals surface area contributed by atoms with Gasteiger partial charge >= 0.3 is 0 Å². The van der Waals surface area contributed by atoms with Crippen molar-refractivity contribution < 1.29 is 41.3 Å². The Hall–Kier alpha value is -5.08. The van der Waals surface area contributed by atoms with Crippen LogP contribution in [0.1, 0.15) is 118 Å². The number of aliphatic hydroxyl groups excluding tert-OH is 1. The molecular formula is C42H56N6O11S2.